The molecule has 0 saturated heterocycles. The number of nitrogens with zero attached hydrogens (tertiary/aromatic N) is 4. The number of aromatic nitrogens is 3. The lowest BCUT2D eigenvalue weighted by Crippen LogP contribution is -2.01. The predicted molar refractivity (Wildman–Crippen MR) is 149 cm³/mol. The van der Waals surface area contributed by atoms with Crippen molar-refractivity contribution in [1.82, 2.24) is 14.8 Å². The van der Waals surface area contributed by atoms with Crippen molar-refractivity contribution in [3.8, 4) is 16.9 Å². The number of anilines is 1. The Bertz CT molecular complexity index is 1560. The van der Waals surface area contributed by atoms with Gasteiger partial charge in [-0.3, -0.25) is 5.43 Å². The van der Waals surface area contributed by atoms with E-state index in [1.807, 2.05) is 24.4 Å². The van der Waals surface area contributed by atoms with Crippen molar-refractivity contribution in [2.45, 2.75) is 27.7 Å². The number of fused-ring (bicyclic) bond motifs is 1. The van der Waals surface area contributed by atoms with E-state index < -0.39 is 0 Å². The molecule has 5 rings (SSSR count). The summed E-state index contributed by atoms with van der Waals surface area (Å²) in [5.41, 5.74) is 12.0. The second kappa shape index (κ2) is 9.47. The van der Waals surface area contributed by atoms with Crippen LogP contribution in [-0.4, -0.2) is 21.0 Å². The number of aryl methyl sites for hydroxylation is 3. The molecule has 0 unspecified atom stereocenters. The minimum Gasteiger partial charge on any atom is -0.318 e. The zero-order valence-corrected chi connectivity index (χ0v) is 21.8. The highest BCUT2D eigenvalue weighted by Gasteiger charge is 2.12. The summed E-state index contributed by atoms with van der Waals surface area (Å²) in [7, 11) is 0. The van der Waals surface area contributed by atoms with Gasteiger partial charge in [0.15, 0.2) is 5.82 Å². The first-order valence-electron chi connectivity index (χ1n) is 11.5. The van der Waals surface area contributed by atoms with E-state index in [-0.39, 0.29) is 0 Å². The van der Waals surface area contributed by atoms with Crippen molar-refractivity contribution < 1.29 is 0 Å². The van der Waals surface area contributed by atoms with E-state index in [2.05, 4.69) is 124 Å². The Balaban J connectivity index is 1.45. The van der Waals surface area contributed by atoms with Crippen molar-refractivity contribution in [2.75, 3.05) is 5.43 Å². The largest absolute Gasteiger partial charge is 0.318 e. The molecular weight excluding hydrogens is 498 g/mol. The van der Waals surface area contributed by atoms with Crippen molar-refractivity contribution in [1.29, 1.82) is 0 Å². The summed E-state index contributed by atoms with van der Waals surface area (Å²) in [5.74, 6) is 0.631. The molecule has 0 radical (unpaired) electrons. The van der Waals surface area contributed by atoms with E-state index in [1.54, 1.807) is 0 Å². The van der Waals surface area contributed by atoms with Crippen molar-refractivity contribution in [3.05, 3.63) is 105 Å². The molecule has 5 nitrogen and oxygen atoms in total. The zero-order valence-electron chi connectivity index (χ0n) is 20.2. The average Bonchev–Trinajstić information content (AvgIpc) is 3.14. The summed E-state index contributed by atoms with van der Waals surface area (Å²) in [6.45, 7) is 8.44. The molecule has 174 valence electrons. The van der Waals surface area contributed by atoms with E-state index >= 15 is 0 Å². The van der Waals surface area contributed by atoms with Crippen LogP contribution in [0, 0.1) is 27.7 Å². The van der Waals surface area contributed by atoms with Crippen LogP contribution in [0.5, 0.6) is 0 Å². The Morgan fingerprint density at radius 3 is 2.31 bits per heavy atom. The molecule has 0 fully saturated rings. The monoisotopic (exact) mass is 523 g/mol. The molecule has 0 atom stereocenters. The molecule has 1 N–H and O–H groups in total. The molecule has 0 bridgehead atoms. The third kappa shape index (κ3) is 4.49. The number of rotatable bonds is 5. The van der Waals surface area contributed by atoms with Gasteiger partial charge in [0.25, 0.3) is 0 Å². The van der Waals surface area contributed by atoms with Gasteiger partial charge in [-0.05, 0) is 75.2 Å². The predicted octanol–water partition coefficient (Wildman–Crippen LogP) is 7.53. The highest BCUT2D eigenvalue weighted by molar-refractivity contribution is 9.10. The standard InChI is InChI=1S/C29H26BrN5/c1-18-9-10-22(15-19(18)2)28-26-7-5-6-8-27(26)29(34-32-28)33-31-17-23-16-20(3)35(21(23)4)25-13-11-24(30)12-14-25/h5-17H,1-4H3,(H,33,34). The van der Waals surface area contributed by atoms with Gasteiger partial charge in [-0.15, -0.1) is 10.2 Å². The third-order valence-electron chi connectivity index (χ3n) is 6.40. The maximum atomic E-state index is 4.56. The van der Waals surface area contributed by atoms with Crippen LogP contribution in [-0.2, 0) is 0 Å². The minimum atomic E-state index is 0.631. The number of hydrazone groups is 1. The van der Waals surface area contributed by atoms with E-state index in [1.165, 1.54) is 11.1 Å². The Labute approximate surface area is 213 Å². The Hall–Kier alpha value is -3.77. The number of nitrogens with one attached hydrogen (secondary N) is 1. The van der Waals surface area contributed by atoms with Gasteiger partial charge in [0.1, 0.15) is 5.69 Å². The number of hydrogen-bond donors (Lipinski definition) is 1. The van der Waals surface area contributed by atoms with Gasteiger partial charge in [0.05, 0.1) is 6.21 Å². The molecular formula is C29H26BrN5. The highest BCUT2D eigenvalue weighted by Crippen LogP contribution is 2.30. The van der Waals surface area contributed by atoms with Crippen LogP contribution in [0.4, 0.5) is 5.82 Å². The first-order valence-corrected chi connectivity index (χ1v) is 12.3. The quantitative estimate of drug-likeness (QED) is 0.191. The lowest BCUT2D eigenvalue weighted by molar-refractivity contribution is 0.964. The fourth-order valence-corrected chi connectivity index (χ4v) is 4.62. The van der Waals surface area contributed by atoms with Crippen LogP contribution in [0.3, 0.4) is 0 Å². The first-order chi connectivity index (χ1) is 16.9. The third-order valence-corrected chi connectivity index (χ3v) is 6.93. The van der Waals surface area contributed by atoms with Crippen molar-refractivity contribution in [3.63, 3.8) is 0 Å². The van der Waals surface area contributed by atoms with Gasteiger partial charge in [0.2, 0.25) is 0 Å². The number of hydrogen-bond acceptors (Lipinski definition) is 4. The smallest absolute Gasteiger partial charge is 0.176 e. The van der Waals surface area contributed by atoms with Crippen LogP contribution >= 0.6 is 15.9 Å². The maximum Gasteiger partial charge on any atom is 0.176 e. The zero-order chi connectivity index (χ0) is 24.5. The molecule has 0 aliphatic carbocycles. The summed E-state index contributed by atoms with van der Waals surface area (Å²) in [4.78, 5) is 0. The Morgan fingerprint density at radius 1 is 0.829 bits per heavy atom. The second-order valence-electron chi connectivity index (χ2n) is 8.75. The Kier molecular flexibility index (Phi) is 6.22. The normalized spacial score (nSPS) is 11.5. The minimum absolute atomic E-state index is 0.631. The molecule has 5 aromatic rings. The molecule has 0 spiro atoms. The van der Waals surface area contributed by atoms with E-state index in [0.29, 0.717) is 5.82 Å². The topological polar surface area (TPSA) is 55.1 Å². The number of benzene rings is 3. The van der Waals surface area contributed by atoms with E-state index in [0.717, 1.165) is 49.1 Å². The van der Waals surface area contributed by atoms with Gasteiger partial charge in [-0.2, -0.15) is 5.10 Å². The van der Waals surface area contributed by atoms with Crippen LogP contribution in [0.1, 0.15) is 28.1 Å². The molecule has 0 saturated carbocycles. The summed E-state index contributed by atoms with van der Waals surface area (Å²) < 4.78 is 3.29. The van der Waals surface area contributed by atoms with Gasteiger partial charge < -0.3 is 4.57 Å². The lowest BCUT2D eigenvalue weighted by atomic mass is 10.0. The molecule has 0 amide bonds. The van der Waals surface area contributed by atoms with Gasteiger partial charge in [-0.1, -0.05) is 52.3 Å². The molecule has 0 aliphatic rings. The molecule has 2 aromatic heterocycles. The fourth-order valence-electron chi connectivity index (χ4n) is 4.36. The Morgan fingerprint density at radius 2 is 1.57 bits per heavy atom. The molecule has 35 heavy (non-hydrogen) atoms. The summed E-state index contributed by atoms with van der Waals surface area (Å²) in [6.07, 6.45) is 1.84. The summed E-state index contributed by atoms with van der Waals surface area (Å²) in [6, 6.07) is 25.0. The van der Waals surface area contributed by atoms with E-state index in [9.17, 15) is 0 Å². The molecule has 6 heteroatoms. The molecule has 3 aromatic carbocycles. The average molecular weight is 524 g/mol. The van der Waals surface area contributed by atoms with Gasteiger partial charge in [-0.25, -0.2) is 0 Å². The SMILES string of the molecule is Cc1ccc(-c2nnc(NN=Cc3cc(C)n(-c4ccc(Br)cc4)c3C)c3ccccc23)cc1C. The van der Waals surface area contributed by atoms with Crippen LogP contribution in [0.2, 0.25) is 0 Å². The van der Waals surface area contributed by atoms with Crippen LogP contribution in [0.25, 0.3) is 27.7 Å². The lowest BCUT2D eigenvalue weighted by Gasteiger charge is -2.10. The fraction of sp³-hybridized carbons (Fsp3) is 0.138. The van der Waals surface area contributed by atoms with Gasteiger partial charge in [0, 0.05) is 43.4 Å². The van der Waals surface area contributed by atoms with E-state index in [4.69, 9.17) is 0 Å². The second-order valence-corrected chi connectivity index (χ2v) is 9.67. The highest BCUT2D eigenvalue weighted by atomic mass is 79.9. The van der Waals surface area contributed by atoms with Crippen LogP contribution in [0.15, 0.2) is 82.4 Å². The van der Waals surface area contributed by atoms with Gasteiger partial charge >= 0.3 is 0 Å². The van der Waals surface area contributed by atoms with Crippen molar-refractivity contribution in [2.24, 2.45) is 5.10 Å². The molecule has 0 aliphatic heterocycles. The van der Waals surface area contributed by atoms with Crippen LogP contribution < -0.4 is 5.43 Å². The summed E-state index contributed by atoms with van der Waals surface area (Å²) >= 11 is 3.51. The number of halogens is 1. The summed E-state index contributed by atoms with van der Waals surface area (Å²) in [5, 5.41) is 15.6. The molecule has 2 heterocycles. The maximum absolute atomic E-state index is 4.56. The first kappa shape index (κ1) is 23.0. The van der Waals surface area contributed by atoms with Crippen molar-refractivity contribution >= 4 is 38.7 Å².